The molecule has 0 aromatic heterocycles. The molecule has 0 aliphatic rings. The maximum absolute atomic E-state index is 9.12. The van der Waals surface area contributed by atoms with Crippen molar-refractivity contribution in [2.45, 2.75) is 9.88 Å². The molecule has 0 aromatic carbocycles. The second-order valence-corrected chi connectivity index (χ2v) is 3.91. The van der Waals surface area contributed by atoms with Gasteiger partial charge < -0.3 is 10.2 Å². The van der Waals surface area contributed by atoms with Crippen LogP contribution in [0.1, 0.15) is 0 Å². The van der Waals surface area contributed by atoms with Crippen LogP contribution in [-0.2, 0) is 4.79 Å². The molecule has 0 heterocycles. The van der Waals surface area contributed by atoms with Crippen molar-refractivity contribution in [3.05, 3.63) is 0 Å². The average Bonchev–Trinajstić information content (AvgIpc) is 1.69. The molecule has 2 N–H and O–H groups in total. The van der Waals surface area contributed by atoms with E-state index in [1.54, 1.807) is 0 Å². The molecule has 8 heavy (non-hydrogen) atoms. The van der Waals surface area contributed by atoms with Crippen molar-refractivity contribution in [1.82, 2.24) is 0 Å². The summed E-state index contributed by atoms with van der Waals surface area (Å²) in [6, 6.07) is 0. The van der Waals surface area contributed by atoms with E-state index in [1.807, 2.05) is 0 Å². The Morgan fingerprint density at radius 2 is 1.75 bits per heavy atom. The molecule has 0 rings (SSSR count). The van der Waals surface area contributed by atoms with Crippen molar-refractivity contribution in [2.75, 3.05) is 6.61 Å². The van der Waals surface area contributed by atoms with Gasteiger partial charge in [-0.05, 0) is 0 Å². The fourth-order valence-corrected chi connectivity index (χ4v) is 0. The Balaban J connectivity index is 0. The van der Waals surface area contributed by atoms with Gasteiger partial charge in [0.05, 0.1) is 0 Å². The normalized spacial score (nSPS) is 6.88. The van der Waals surface area contributed by atoms with Gasteiger partial charge in [-0.1, -0.05) is 0 Å². The number of aliphatic carboxylic acids is 1. The van der Waals surface area contributed by atoms with Crippen molar-refractivity contribution in [3.8, 4) is 0 Å². The molecule has 4 heteroatoms. The molecule has 0 bridgehead atoms. The van der Waals surface area contributed by atoms with Gasteiger partial charge in [0.25, 0.3) is 0 Å². The maximum atomic E-state index is 9.12. The van der Waals surface area contributed by atoms with Crippen LogP contribution in [0.2, 0.25) is 9.88 Å². The van der Waals surface area contributed by atoms with Gasteiger partial charge in [-0.2, -0.15) is 0 Å². The zero-order valence-electron chi connectivity index (χ0n) is 5.01. The van der Waals surface area contributed by atoms with Crippen LogP contribution in [0.3, 0.4) is 0 Å². The number of rotatable bonds is 1. The minimum atomic E-state index is -1.19. The third-order valence-corrected chi connectivity index (χ3v) is 0.135. The van der Waals surface area contributed by atoms with Gasteiger partial charge >= 0.3 is 37.0 Å². The number of hydrogen-bond donors (Lipinski definition) is 2. The van der Waals surface area contributed by atoms with Crippen molar-refractivity contribution in [1.29, 1.82) is 0 Å². The summed E-state index contributed by atoms with van der Waals surface area (Å²) in [4.78, 5) is 13.7. The zero-order chi connectivity index (χ0) is 6.99. The molecule has 0 aliphatic carbocycles. The molecule has 0 atom stereocenters. The van der Waals surface area contributed by atoms with Gasteiger partial charge in [0.15, 0.2) is 0 Å². The number of hydrogen-bond acceptors (Lipinski definition) is 2. The second kappa shape index (κ2) is 10.3. The molecule has 2 radical (unpaired) electrons. The summed E-state index contributed by atoms with van der Waals surface area (Å²) in [7, 11) is 0. The first-order chi connectivity index (χ1) is 3.68. The number of carboxylic acids is 1. The van der Waals surface area contributed by atoms with Gasteiger partial charge in [-0.3, -0.25) is 0 Å². The van der Waals surface area contributed by atoms with E-state index in [0.29, 0.717) is 0 Å². The Morgan fingerprint density at radius 3 is 1.75 bits per heavy atom. The van der Waals surface area contributed by atoms with Crippen LogP contribution in [0.25, 0.3) is 0 Å². The first kappa shape index (κ1) is 11.1. The van der Waals surface area contributed by atoms with E-state index in [1.165, 1.54) is 0 Å². The molecule has 0 aromatic rings. The van der Waals surface area contributed by atoms with Gasteiger partial charge in [-0.25, -0.2) is 4.79 Å². The Bertz CT molecular complexity index is 55.2. The van der Waals surface area contributed by atoms with Crippen LogP contribution in [0.15, 0.2) is 0 Å². The van der Waals surface area contributed by atoms with Gasteiger partial charge in [0.2, 0.25) is 0 Å². The summed E-state index contributed by atoms with van der Waals surface area (Å²) in [5.41, 5.74) is 0. The van der Waals surface area contributed by atoms with E-state index in [2.05, 4.69) is 9.88 Å². The monoisotopic (exact) mass is 226 g/mol. The van der Waals surface area contributed by atoms with Gasteiger partial charge in [-0.15, -0.1) is 0 Å². The Labute approximate surface area is 58.9 Å². The van der Waals surface area contributed by atoms with Crippen LogP contribution in [-0.4, -0.2) is 43.9 Å². The molecule has 0 saturated heterocycles. The van der Waals surface area contributed by atoms with Crippen LogP contribution >= 0.6 is 0 Å². The number of aliphatic hydroxyl groups excluding tert-OH is 1. The molecule has 3 nitrogen and oxygen atoms in total. The molecule has 0 aliphatic heterocycles. The van der Waals surface area contributed by atoms with Crippen molar-refractivity contribution in [2.24, 2.45) is 0 Å². The van der Waals surface area contributed by atoms with E-state index in [9.17, 15) is 0 Å². The summed E-state index contributed by atoms with van der Waals surface area (Å²) in [5.74, 6) is -1.19. The van der Waals surface area contributed by atoms with Gasteiger partial charge in [0, 0.05) is 0 Å². The number of carboxylic acid groups (broad SMARTS) is 1. The second-order valence-electron chi connectivity index (χ2n) is 1.05. The molecule has 0 unspecified atom stereocenters. The Kier molecular flexibility index (Phi) is 14.2. The summed E-state index contributed by atoms with van der Waals surface area (Å²) in [6.45, 7) is -0.778. The average molecular weight is 225 g/mol. The molecule has 0 spiro atoms. The summed E-state index contributed by atoms with van der Waals surface area (Å²) >= 11 is 0.230. The van der Waals surface area contributed by atoms with Crippen molar-refractivity contribution in [3.63, 3.8) is 0 Å². The van der Waals surface area contributed by atoms with Crippen molar-refractivity contribution >= 4 is 27.1 Å². The Morgan fingerprint density at radius 1 is 1.62 bits per heavy atom. The summed E-state index contributed by atoms with van der Waals surface area (Å²) in [6.07, 6.45) is 0. The van der Waals surface area contributed by atoms with E-state index in [-0.39, 0.29) is 21.1 Å². The minimum absolute atomic E-state index is 0.230. The number of aliphatic hydroxyl groups is 1. The van der Waals surface area contributed by atoms with Gasteiger partial charge in [0.1, 0.15) is 6.61 Å². The van der Waals surface area contributed by atoms with E-state index in [0.717, 1.165) is 0 Å². The van der Waals surface area contributed by atoms with Crippen LogP contribution < -0.4 is 0 Å². The fourth-order valence-electron chi connectivity index (χ4n) is 0. The molecule has 0 fully saturated rings. The van der Waals surface area contributed by atoms with Crippen LogP contribution in [0.4, 0.5) is 0 Å². The molecule has 0 saturated carbocycles. The first-order valence-electron chi connectivity index (χ1n) is 2.10. The summed E-state index contributed by atoms with van der Waals surface area (Å²) < 4.78 is 0. The predicted molar refractivity (Wildman–Crippen MR) is 32.2 cm³/mol. The fraction of sp³-hybridized carbons (Fsp3) is 0.750. The van der Waals surface area contributed by atoms with Crippen molar-refractivity contribution < 1.29 is 15.0 Å². The van der Waals surface area contributed by atoms with E-state index < -0.39 is 12.6 Å². The molecular formula is C4H10O3Sn. The first-order valence-corrected chi connectivity index (χ1v) is 7.81. The molecule has 48 valence electrons. The quantitative estimate of drug-likeness (QED) is 0.610. The Hall–Kier alpha value is 0.229. The third kappa shape index (κ3) is 34.3. The van der Waals surface area contributed by atoms with E-state index >= 15 is 0 Å². The zero-order valence-corrected chi connectivity index (χ0v) is 7.86. The van der Waals surface area contributed by atoms with Crippen LogP contribution in [0, 0.1) is 0 Å². The predicted octanol–water partition coefficient (Wildman–Crippen LogP) is -0.150. The topological polar surface area (TPSA) is 57.5 Å². The SMILES string of the molecule is O=C(O)CO.[CH3][Sn][CH3]. The molecular weight excluding hydrogens is 215 g/mol. The molecule has 0 amide bonds. The van der Waals surface area contributed by atoms with Crippen LogP contribution in [0.5, 0.6) is 0 Å². The third-order valence-electron chi connectivity index (χ3n) is 0.135. The summed E-state index contributed by atoms with van der Waals surface area (Å²) in [5, 5.41) is 15.0. The standard InChI is InChI=1S/C2H4O3.2CH3.Sn/c3-1-2(4)5;;;/h3H,1H2,(H,4,5);2*1H3;. The number of carbonyl (C=O) groups is 1. The van der Waals surface area contributed by atoms with E-state index in [4.69, 9.17) is 15.0 Å².